The average Bonchev–Trinajstić information content (AvgIpc) is 2.71. The molecule has 0 bridgehead atoms. The van der Waals surface area contributed by atoms with E-state index in [2.05, 4.69) is 5.32 Å². The zero-order chi connectivity index (χ0) is 19.8. The SMILES string of the molecule is O=C(C[NH+]1CCN(C(=O)/C=C/Sc2ccccc2)CC1)Nc1ccccc1Cl. The first-order valence-electron chi connectivity index (χ1n) is 9.17. The number of benzene rings is 2. The van der Waals surface area contributed by atoms with Gasteiger partial charge in [0, 0.05) is 11.0 Å². The smallest absolute Gasteiger partial charge is 0.279 e. The average molecular weight is 417 g/mol. The van der Waals surface area contributed by atoms with Crippen LogP contribution in [0.15, 0.2) is 71.0 Å². The molecule has 2 N–H and O–H groups in total. The molecular weight excluding hydrogens is 394 g/mol. The number of nitrogens with zero attached hydrogens (tertiary/aromatic N) is 1. The molecule has 0 aromatic heterocycles. The second kappa shape index (κ2) is 10.3. The van der Waals surface area contributed by atoms with Gasteiger partial charge in [0.25, 0.3) is 5.91 Å². The van der Waals surface area contributed by atoms with Crippen LogP contribution in [0.1, 0.15) is 0 Å². The fraction of sp³-hybridized carbons (Fsp3) is 0.238. The minimum Gasteiger partial charge on any atom is -0.328 e. The molecule has 1 aliphatic heterocycles. The van der Waals surface area contributed by atoms with Crippen molar-refractivity contribution in [3.8, 4) is 0 Å². The third-order valence-electron chi connectivity index (χ3n) is 4.50. The summed E-state index contributed by atoms with van der Waals surface area (Å²) in [6.45, 7) is 3.16. The van der Waals surface area contributed by atoms with Crippen LogP contribution >= 0.6 is 23.4 Å². The molecule has 2 aromatic rings. The number of carbonyl (C=O) groups is 2. The van der Waals surface area contributed by atoms with Gasteiger partial charge in [-0.2, -0.15) is 0 Å². The maximum atomic E-state index is 12.3. The fourth-order valence-electron chi connectivity index (χ4n) is 2.98. The number of hydrogen-bond acceptors (Lipinski definition) is 3. The van der Waals surface area contributed by atoms with Gasteiger partial charge in [0.1, 0.15) is 0 Å². The largest absolute Gasteiger partial charge is 0.328 e. The van der Waals surface area contributed by atoms with Crippen LogP contribution in [-0.4, -0.2) is 49.4 Å². The standard InChI is InChI=1S/C21H22ClN3O2S/c22-18-8-4-5-9-19(18)23-20(26)16-24-11-13-25(14-12-24)21(27)10-15-28-17-6-2-1-3-7-17/h1-10,15H,11-14,16H2,(H,23,26)/p+1/b15-10+. The molecule has 1 heterocycles. The van der Waals surface area contributed by atoms with Gasteiger partial charge < -0.3 is 15.1 Å². The summed E-state index contributed by atoms with van der Waals surface area (Å²) in [6.07, 6.45) is 1.62. The van der Waals surface area contributed by atoms with E-state index in [0.717, 1.165) is 22.9 Å². The third kappa shape index (κ3) is 6.12. The van der Waals surface area contributed by atoms with Crippen molar-refractivity contribution in [2.45, 2.75) is 4.90 Å². The molecule has 146 valence electrons. The molecule has 3 rings (SSSR count). The Labute approximate surface area is 174 Å². The molecule has 28 heavy (non-hydrogen) atoms. The molecule has 2 aromatic carbocycles. The van der Waals surface area contributed by atoms with Crippen LogP contribution in [0, 0.1) is 0 Å². The molecule has 7 heteroatoms. The van der Waals surface area contributed by atoms with E-state index in [1.165, 1.54) is 11.8 Å². The molecule has 0 atom stereocenters. The summed E-state index contributed by atoms with van der Waals surface area (Å²) in [7, 11) is 0. The highest BCUT2D eigenvalue weighted by molar-refractivity contribution is 8.02. The van der Waals surface area contributed by atoms with E-state index in [-0.39, 0.29) is 11.8 Å². The van der Waals surface area contributed by atoms with Crippen molar-refractivity contribution in [2.75, 3.05) is 38.0 Å². The molecular formula is C21H23ClN3O2S+. The van der Waals surface area contributed by atoms with E-state index in [1.54, 1.807) is 18.2 Å². The van der Waals surface area contributed by atoms with Gasteiger partial charge in [0.15, 0.2) is 6.54 Å². The number of para-hydroxylation sites is 1. The number of hydrogen-bond donors (Lipinski definition) is 2. The number of piperazine rings is 1. The van der Waals surface area contributed by atoms with Gasteiger partial charge in [-0.25, -0.2) is 0 Å². The summed E-state index contributed by atoms with van der Waals surface area (Å²) in [5.74, 6) is -0.0509. The van der Waals surface area contributed by atoms with Crippen molar-refractivity contribution < 1.29 is 14.5 Å². The predicted octanol–water partition coefficient (Wildman–Crippen LogP) is 2.31. The van der Waals surface area contributed by atoms with Crippen molar-refractivity contribution in [1.82, 2.24) is 4.90 Å². The minimum absolute atomic E-state index is 0.0167. The first-order valence-corrected chi connectivity index (χ1v) is 10.4. The normalized spacial score (nSPS) is 15.0. The number of nitrogens with one attached hydrogen (secondary N) is 2. The quantitative estimate of drug-likeness (QED) is 0.561. The lowest BCUT2D eigenvalue weighted by Gasteiger charge is -2.31. The van der Waals surface area contributed by atoms with Gasteiger partial charge in [0.05, 0.1) is 36.9 Å². The Kier molecular flexibility index (Phi) is 7.54. The Morgan fingerprint density at radius 3 is 2.46 bits per heavy atom. The maximum Gasteiger partial charge on any atom is 0.279 e. The topological polar surface area (TPSA) is 53.9 Å². The van der Waals surface area contributed by atoms with Crippen molar-refractivity contribution >= 4 is 40.9 Å². The molecule has 0 spiro atoms. The third-order valence-corrected chi connectivity index (χ3v) is 5.64. The Morgan fingerprint density at radius 2 is 1.75 bits per heavy atom. The summed E-state index contributed by atoms with van der Waals surface area (Å²) >= 11 is 7.60. The van der Waals surface area contributed by atoms with Crippen LogP contribution < -0.4 is 10.2 Å². The molecule has 1 saturated heterocycles. The monoisotopic (exact) mass is 416 g/mol. The van der Waals surface area contributed by atoms with E-state index in [9.17, 15) is 9.59 Å². The molecule has 1 fully saturated rings. The van der Waals surface area contributed by atoms with E-state index >= 15 is 0 Å². The summed E-state index contributed by atoms with van der Waals surface area (Å²) < 4.78 is 0. The molecule has 0 aliphatic carbocycles. The van der Waals surface area contributed by atoms with Crippen molar-refractivity contribution in [1.29, 1.82) is 0 Å². The number of amides is 2. The second-order valence-corrected chi connectivity index (χ2v) is 7.90. The van der Waals surface area contributed by atoms with Crippen LogP contribution in [-0.2, 0) is 9.59 Å². The van der Waals surface area contributed by atoms with Crippen LogP contribution in [0.4, 0.5) is 5.69 Å². The lowest BCUT2D eigenvalue weighted by atomic mass is 10.3. The number of carbonyl (C=O) groups excluding carboxylic acids is 2. The number of thioether (sulfide) groups is 1. The van der Waals surface area contributed by atoms with Gasteiger partial charge >= 0.3 is 0 Å². The van der Waals surface area contributed by atoms with E-state index in [1.807, 2.05) is 52.8 Å². The maximum absolute atomic E-state index is 12.3. The second-order valence-electron chi connectivity index (χ2n) is 6.51. The predicted molar refractivity (Wildman–Crippen MR) is 114 cm³/mol. The zero-order valence-corrected chi connectivity index (χ0v) is 17.0. The van der Waals surface area contributed by atoms with Crippen molar-refractivity contribution in [2.24, 2.45) is 0 Å². The Balaban J connectivity index is 1.40. The summed E-state index contributed by atoms with van der Waals surface area (Å²) in [4.78, 5) is 28.7. The number of halogens is 1. The molecule has 0 saturated carbocycles. The summed E-state index contributed by atoms with van der Waals surface area (Å²) in [6, 6.07) is 17.1. The van der Waals surface area contributed by atoms with Gasteiger partial charge in [-0.3, -0.25) is 9.59 Å². The Hall–Kier alpha value is -2.28. The lowest BCUT2D eigenvalue weighted by molar-refractivity contribution is -0.895. The first kappa shape index (κ1) is 20.5. The molecule has 2 amide bonds. The van der Waals surface area contributed by atoms with Crippen LogP contribution in [0.3, 0.4) is 0 Å². The molecule has 0 radical (unpaired) electrons. The lowest BCUT2D eigenvalue weighted by Crippen LogP contribution is -3.15. The Morgan fingerprint density at radius 1 is 1.07 bits per heavy atom. The van der Waals surface area contributed by atoms with Gasteiger partial charge in [-0.15, -0.1) is 0 Å². The number of anilines is 1. The van der Waals surface area contributed by atoms with Gasteiger partial charge in [-0.05, 0) is 29.7 Å². The van der Waals surface area contributed by atoms with Crippen molar-refractivity contribution in [3.05, 3.63) is 71.1 Å². The summed E-state index contributed by atoms with van der Waals surface area (Å²) in [5.41, 5.74) is 0.628. The zero-order valence-electron chi connectivity index (χ0n) is 15.4. The van der Waals surface area contributed by atoms with Gasteiger partial charge in [-0.1, -0.05) is 53.7 Å². The van der Waals surface area contributed by atoms with E-state index in [0.29, 0.717) is 30.3 Å². The van der Waals surface area contributed by atoms with Crippen LogP contribution in [0.5, 0.6) is 0 Å². The summed E-state index contributed by atoms with van der Waals surface area (Å²) in [5, 5.41) is 5.21. The highest BCUT2D eigenvalue weighted by Crippen LogP contribution is 2.20. The van der Waals surface area contributed by atoms with E-state index in [4.69, 9.17) is 11.6 Å². The fourth-order valence-corrected chi connectivity index (χ4v) is 3.82. The van der Waals surface area contributed by atoms with Gasteiger partial charge in [0.2, 0.25) is 5.91 Å². The highest BCUT2D eigenvalue weighted by Gasteiger charge is 2.24. The molecule has 5 nitrogen and oxygen atoms in total. The van der Waals surface area contributed by atoms with Crippen molar-refractivity contribution in [3.63, 3.8) is 0 Å². The highest BCUT2D eigenvalue weighted by atomic mass is 35.5. The Bertz CT molecular complexity index is 837. The minimum atomic E-state index is -0.0676. The first-order chi connectivity index (χ1) is 13.6. The molecule has 0 unspecified atom stereocenters. The van der Waals surface area contributed by atoms with E-state index < -0.39 is 0 Å². The van der Waals surface area contributed by atoms with Crippen LogP contribution in [0.25, 0.3) is 0 Å². The molecule has 1 aliphatic rings. The number of quaternary nitrogens is 1. The van der Waals surface area contributed by atoms with Crippen LogP contribution in [0.2, 0.25) is 5.02 Å². The number of rotatable bonds is 6.